The lowest BCUT2D eigenvalue weighted by atomic mass is 10.2. The van der Waals surface area contributed by atoms with Crippen molar-refractivity contribution >= 4 is 0 Å². The highest BCUT2D eigenvalue weighted by Crippen LogP contribution is 2.16. The highest BCUT2D eigenvalue weighted by Gasteiger charge is 2.13. The molecule has 0 saturated carbocycles. The molecule has 1 aromatic rings. The Labute approximate surface area is 117 Å². The molecule has 1 aromatic carbocycles. The number of benzene rings is 1. The van der Waals surface area contributed by atoms with Crippen molar-refractivity contribution in [2.45, 2.75) is 6.10 Å². The number of aliphatic hydroxyl groups is 1. The second-order valence-electron chi connectivity index (χ2n) is 4.06. The smallest absolute Gasteiger partial charge is 0.137 e. The zero-order chi connectivity index (χ0) is 14.8. The Kier molecular flexibility index (Phi) is 6.57. The molecule has 0 heterocycles. The van der Waals surface area contributed by atoms with Gasteiger partial charge in [-0.05, 0) is 12.1 Å². The Hall–Kier alpha value is -2.59. The third-order valence-corrected chi connectivity index (χ3v) is 2.50. The second-order valence-corrected chi connectivity index (χ2v) is 4.06. The van der Waals surface area contributed by atoms with Crippen LogP contribution in [0.1, 0.15) is 5.56 Å². The predicted molar refractivity (Wildman–Crippen MR) is 70.3 cm³/mol. The summed E-state index contributed by atoms with van der Waals surface area (Å²) in [4.78, 5) is 1.52. The minimum absolute atomic E-state index is 0.00789. The molecule has 0 fully saturated rings. The summed E-state index contributed by atoms with van der Waals surface area (Å²) in [6, 6.07) is 12.6. The molecule has 1 N–H and O–H groups in total. The fraction of sp³-hybridized carbons (Fsp3) is 0.357. The quantitative estimate of drug-likeness (QED) is 0.729. The van der Waals surface area contributed by atoms with Crippen molar-refractivity contribution in [1.29, 1.82) is 15.8 Å². The van der Waals surface area contributed by atoms with E-state index >= 15 is 0 Å². The zero-order valence-corrected chi connectivity index (χ0v) is 10.9. The maximum atomic E-state index is 9.83. The first-order chi connectivity index (χ1) is 9.71. The molecule has 1 rings (SSSR count). The van der Waals surface area contributed by atoms with Crippen LogP contribution in [0.25, 0.3) is 0 Å². The minimum atomic E-state index is -0.844. The van der Waals surface area contributed by atoms with Crippen LogP contribution in [0.5, 0.6) is 5.75 Å². The van der Waals surface area contributed by atoms with Crippen molar-refractivity contribution in [2.75, 3.05) is 26.2 Å². The molecule has 0 aliphatic carbocycles. The first-order valence-corrected chi connectivity index (χ1v) is 5.97. The Balaban J connectivity index is 2.51. The van der Waals surface area contributed by atoms with Gasteiger partial charge in [0.25, 0.3) is 0 Å². The molecule has 20 heavy (non-hydrogen) atoms. The lowest BCUT2D eigenvalue weighted by Gasteiger charge is -2.20. The maximum absolute atomic E-state index is 9.83. The van der Waals surface area contributed by atoms with E-state index in [4.69, 9.17) is 20.5 Å². The SMILES string of the molecule is N#CCN(CC#N)CC(O)COc1ccccc1C#N. The van der Waals surface area contributed by atoms with E-state index in [9.17, 15) is 5.11 Å². The third-order valence-electron chi connectivity index (χ3n) is 2.50. The van der Waals surface area contributed by atoms with E-state index in [0.29, 0.717) is 11.3 Å². The van der Waals surface area contributed by atoms with Gasteiger partial charge in [0.05, 0.1) is 30.8 Å². The van der Waals surface area contributed by atoms with Gasteiger partial charge >= 0.3 is 0 Å². The highest BCUT2D eigenvalue weighted by atomic mass is 16.5. The number of para-hydroxylation sites is 1. The van der Waals surface area contributed by atoms with E-state index in [1.807, 2.05) is 18.2 Å². The van der Waals surface area contributed by atoms with Crippen molar-refractivity contribution in [3.05, 3.63) is 29.8 Å². The number of hydrogen-bond acceptors (Lipinski definition) is 6. The molecular formula is C14H14N4O2. The van der Waals surface area contributed by atoms with Gasteiger partial charge < -0.3 is 9.84 Å². The zero-order valence-electron chi connectivity index (χ0n) is 10.9. The van der Waals surface area contributed by atoms with Gasteiger partial charge in [0.2, 0.25) is 0 Å². The van der Waals surface area contributed by atoms with Crippen LogP contribution in [-0.2, 0) is 0 Å². The van der Waals surface area contributed by atoms with Crippen LogP contribution < -0.4 is 4.74 Å². The van der Waals surface area contributed by atoms with E-state index in [1.165, 1.54) is 4.90 Å². The van der Waals surface area contributed by atoms with Crippen LogP contribution >= 0.6 is 0 Å². The second kappa shape index (κ2) is 8.50. The summed E-state index contributed by atoms with van der Waals surface area (Å²) in [5.74, 6) is 0.404. The van der Waals surface area contributed by atoms with Crippen LogP contribution in [-0.4, -0.2) is 42.4 Å². The number of ether oxygens (including phenoxy) is 1. The van der Waals surface area contributed by atoms with Gasteiger partial charge in [-0.15, -0.1) is 0 Å². The van der Waals surface area contributed by atoms with Gasteiger partial charge in [0, 0.05) is 6.54 Å². The summed E-state index contributed by atoms with van der Waals surface area (Å²) < 4.78 is 5.38. The van der Waals surface area contributed by atoms with Crippen molar-refractivity contribution in [3.8, 4) is 24.0 Å². The summed E-state index contributed by atoms with van der Waals surface area (Å²) in [5.41, 5.74) is 0.394. The van der Waals surface area contributed by atoms with E-state index < -0.39 is 6.10 Å². The number of hydrogen-bond donors (Lipinski definition) is 1. The first kappa shape index (κ1) is 15.5. The van der Waals surface area contributed by atoms with Crippen molar-refractivity contribution < 1.29 is 9.84 Å². The first-order valence-electron chi connectivity index (χ1n) is 5.97. The lowest BCUT2D eigenvalue weighted by Crippen LogP contribution is -2.36. The minimum Gasteiger partial charge on any atom is -0.489 e. The summed E-state index contributed by atoms with van der Waals surface area (Å²) in [6.07, 6.45) is -0.844. The average Bonchev–Trinajstić information content (AvgIpc) is 2.46. The standard InChI is InChI=1S/C14H14N4O2/c15-5-7-18(8-6-16)10-13(19)11-20-14-4-2-1-3-12(14)9-17/h1-4,13,19H,7-8,10-11H2. The largest absolute Gasteiger partial charge is 0.489 e. The number of nitrogens with zero attached hydrogens (tertiary/aromatic N) is 4. The lowest BCUT2D eigenvalue weighted by molar-refractivity contribution is 0.0762. The Bertz CT molecular complexity index is 538. The fourth-order valence-electron chi connectivity index (χ4n) is 1.61. The molecular weight excluding hydrogens is 256 g/mol. The third kappa shape index (κ3) is 4.96. The van der Waals surface area contributed by atoms with Gasteiger partial charge in [-0.25, -0.2) is 0 Å². The summed E-state index contributed by atoms with van der Waals surface area (Å²) in [7, 11) is 0. The summed E-state index contributed by atoms with van der Waals surface area (Å²) in [6.45, 7) is 0.292. The molecule has 0 radical (unpaired) electrons. The predicted octanol–water partition coefficient (Wildman–Crippen LogP) is 0.647. The van der Waals surface area contributed by atoms with Gasteiger partial charge in [-0.1, -0.05) is 12.1 Å². The molecule has 0 aliphatic rings. The molecule has 0 saturated heterocycles. The van der Waals surface area contributed by atoms with E-state index in [-0.39, 0.29) is 26.2 Å². The van der Waals surface area contributed by atoms with Gasteiger partial charge in [-0.2, -0.15) is 15.8 Å². The van der Waals surface area contributed by atoms with Gasteiger partial charge in [0.1, 0.15) is 24.5 Å². The van der Waals surface area contributed by atoms with Gasteiger partial charge in [0.15, 0.2) is 0 Å². The maximum Gasteiger partial charge on any atom is 0.137 e. The molecule has 0 aromatic heterocycles. The molecule has 0 amide bonds. The van der Waals surface area contributed by atoms with Crippen molar-refractivity contribution in [1.82, 2.24) is 4.90 Å². The highest BCUT2D eigenvalue weighted by molar-refractivity contribution is 5.42. The molecule has 6 nitrogen and oxygen atoms in total. The van der Waals surface area contributed by atoms with E-state index in [1.54, 1.807) is 24.3 Å². The Morgan fingerprint density at radius 3 is 2.40 bits per heavy atom. The number of rotatable bonds is 7. The van der Waals surface area contributed by atoms with Crippen LogP contribution in [0.3, 0.4) is 0 Å². The van der Waals surface area contributed by atoms with Crippen molar-refractivity contribution in [2.24, 2.45) is 0 Å². The molecule has 0 bridgehead atoms. The summed E-state index contributed by atoms with van der Waals surface area (Å²) in [5, 5.41) is 35.9. The van der Waals surface area contributed by atoms with Crippen LogP contribution in [0.4, 0.5) is 0 Å². The van der Waals surface area contributed by atoms with Crippen LogP contribution in [0, 0.1) is 34.0 Å². The molecule has 1 unspecified atom stereocenters. The Morgan fingerprint density at radius 2 is 1.80 bits per heavy atom. The van der Waals surface area contributed by atoms with Crippen LogP contribution in [0.2, 0.25) is 0 Å². The van der Waals surface area contributed by atoms with Crippen LogP contribution in [0.15, 0.2) is 24.3 Å². The summed E-state index contributed by atoms with van der Waals surface area (Å²) >= 11 is 0. The van der Waals surface area contributed by atoms with Crippen molar-refractivity contribution in [3.63, 3.8) is 0 Å². The number of aliphatic hydroxyl groups excluding tert-OH is 1. The molecule has 102 valence electrons. The number of nitriles is 3. The Morgan fingerprint density at radius 1 is 1.15 bits per heavy atom. The normalized spacial score (nSPS) is 11.2. The van der Waals surface area contributed by atoms with E-state index in [2.05, 4.69) is 0 Å². The molecule has 0 spiro atoms. The molecule has 0 aliphatic heterocycles. The van der Waals surface area contributed by atoms with Gasteiger partial charge in [-0.3, -0.25) is 4.90 Å². The fourth-order valence-corrected chi connectivity index (χ4v) is 1.61. The monoisotopic (exact) mass is 270 g/mol. The molecule has 1 atom stereocenters. The average molecular weight is 270 g/mol. The topological polar surface area (TPSA) is 104 Å². The van der Waals surface area contributed by atoms with E-state index in [0.717, 1.165) is 0 Å². The molecule has 6 heteroatoms.